The third-order valence-corrected chi connectivity index (χ3v) is 3.52. The first kappa shape index (κ1) is 12.5. The molecule has 4 heteroatoms. The Bertz CT molecular complexity index is 306. The molecule has 2 heterocycles. The smallest absolute Gasteiger partial charge is 0.115 e. The minimum atomic E-state index is 0.856. The van der Waals surface area contributed by atoms with E-state index in [1.54, 1.807) is 12.5 Å². The van der Waals surface area contributed by atoms with Crippen molar-refractivity contribution in [2.45, 2.75) is 25.8 Å². The van der Waals surface area contributed by atoms with Crippen molar-refractivity contribution in [3.8, 4) is 0 Å². The van der Waals surface area contributed by atoms with E-state index in [1.165, 1.54) is 32.4 Å². The van der Waals surface area contributed by atoms with Crippen LogP contribution in [0.3, 0.4) is 0 Å². The van der Waals surface area contributed by atoms with Crippen LogP contribution in [0.25, 0.3) is 0 Å². The molecule has 0 amide bonds. The van der Waals surface area contributed by atoms with Crippen LogP contribution in [0.2, 0.25) is 0 Å². The van der Waals surface area contributed by atoms with E-state index in [2.05, 4.69) is 27.2 Å². The second-order valence-corrected chi connectivity index (χ2v) is 4.91. The normalized spacial score (nSPS) is 18.4. The van der Waals surface area contributed by atoms with Gasteiger partial charge >= 0.3 is 0 Å². The molecule has 0 unspecified atom stereocenters. The van der Waals surface area contributed by atoms with Gasteiger partial charge in [0.05, 0.1) is 5.69 Å². The van der Waals surface area contributed by atoms with Crippen LogP contribution < -0.4 is 5.32 Å². The molecule has 1 aliphatic heterocycles. The highest BCUT2D eigenvalue weighted by Gasteiger charge is 2.15. The van der Waals surface area contributed by atoms with Crippen LogP contribution in [-0.2, 0) is 6.54 Å². The van der Waals surface area contributed by atoms with Crippen molar-refractivity contribution in [3.63, 3.8) is 0 Å². The zero-order valence-corrected chi connectivity index (χ0v) is 10.6. The summed E-state index contributed by atoms with van der Waals surface area (Å²) < 4.78 is 0. The number of piperidine rings is 1. The van der Waals surface area contributed by atoms with Crippen LogP contribution >= 0.6 is 0 Å². The zero-order chi connectivity index (χ0) is 11.9. The van der Waals surface area contributed by atoms with E-state index in [0.717, 1.165) is 24.7 Å². The van der Waals surface area contributed by atoms with E-state index in [4.69, 9.17) is 0 Å². The third kappa shape index (κ3) is 4.40. The van der Waals surface area contributed by atoms with Crippen LogP contribution in [0.1, 0.15) is 25.0 Å². The number of hydrogen-bond acceptors (Lipinski definition) is 4. The molecule has 94 valence electrons. The molecule has 1 fully saturated rings. The maximum absolute atomic E-state index is 4.19. The van der Waals surface area contributed by atoms with Gasteiger partial charge in [0.25, 0.3) is 0 Å². The predicted octanol–water partition coefficient (Wildman–Crippen LogP) is 1.30. The van der Waals surface area contributed by atoms with Gasteiger partial charge in [0.1, 0.15) is 6.33 Å². The van der Waals surface area contributed by atoms with Gasteiger partial charge < -0.3 is 10.2 Å². The third-order valence-electron chi connectivity index (χ3n) is 3.52. The fourth-order valence-electron chi connectivity index (χ4n) is 2.30. The van der Waals surface area contributed by atoms with Crippen molar-refractivity contribution in [2.24, 2.45) is 5.92 Å². The predicted molar refractivity (Wildman–Crippen MR) is 68.6 cm³/mol. The summed E-state index contributed by atoms with van der Waals surface area (Å²) in [5, 5.41) is 3.46. The molecule has 0 aliphatic carbocycles. The Balaban J connectivity index is 1.57. The Hall–Kier alpha value is -1.00. The molecule has 0 spiro atoms. The summed E-state index contributed by atoms with van der Waals surface area (Å²) in [7, 11) is 2.21. The van der Waals surface area contributed by atoms with Crippen LogP contribution in [-0.4, -0.2) is 41.5 Å². The molecule has 0 bridgehead atoms. The summed E-state index contributed by atoms with van der Waals surface area (Å²) in [5.74, 6) is 0.907. The number of likely N-dealkylation sites (tertiary alicyclic amines) is 1. The number of hydrogen-bond donors (Lipinski definition) is 1. The van der Waals surface area contributed by atoms with Crippen LogP contribution in [0.15, 0.2) is 18.6 Å². The van der Waals surface area contributed by atoms with E-state index >= 15 is 0 Å². The summed E-state index contributed by atoms with van der Waals surface area (Å²) >= 11 is 0. The van der Waals surface area contributed by atoms with E-state index < -0.39 is 0 Å². The molecule has 17 heavy (non-hydrogen) atoms. The summed E-state index contributed by atoms with van der Waals surface area (Å²) in [6.07, 6.45) is 7.39. The lowest BCUT2D eigenvalue weighted by Gasteiger charge is -2.28. The highest BCUT2D eigenvalue weighted by molar-refractivity contribution is 4.96. The average molecular weight is 234 g/mol. The van der Waals surface area contributed by atoms with Gasteiger partial charge in [-0.1, -0.05) is 0 Å². The van der Waals surface area contributed by atoms with Gasteiger partial charge in [-0.15, -0.1) is 0 Å². The number of nitrogens with zero attached hydrogens (tertiary/aromatic N) is 3. The van der Waals surface area contributed by atoms with Crippen LogP contribution in [0, 0.1) is 5.92 Å². The van der Waals surface area contributed by atoms with Crippen molar-refractivity contribution in [2.75, 3.05) is 26.7 Å². The van der Waals surface area contributed by atoms with Gasteiger partial charge in [0, 0.05) is 12.7 Å². The molecule has 0 radical (unpaired) electrons. The summed E-state index contributed by atoms with van der Waals surface area (Å²) in [4.78, 5) is 10.5. The van der Waals surface area contributed by atoms with Crippen molar-refractivity contribution < 1.29 is 0 Å². The van der Waals surface area contributed by atoms with Crippen LogP contribution in [0.5, 0.6) is 0 Å². The summed E-state index contributed by atoms with van der Waals surface area (Å²) in [5.41, 5.74) is 1.07. The zero-order valence-electron chi connectivity index (χ0n) is 10.6. The number of rotatable bonds is 5. The van der Waals surface area contributed by atoms with Gasteiger partial charge in [-0.2, -0.15) is 0 Å². The molecule has 1 aromatic rings. The molecule has 1 N–H and O–H groups in total. The van der Waals surface area contributed by atoms with Crippen LogP contribution in [0.4, 0.5) is 0 Å². The molecule has 0 saturated carbocycles. The first-order valence-corrected chi connectivity index (χ1v) is 6.49. The van der Waals surface area contributed by atoms with Crippen molar-refractivity contribution >= 4 is 0 Å². The van der Waals surface area contributed by atoms with Gasteiger partial charge in [-0.25, -0.2) is 9.97 Å². The van der Waals surface area contributed by atoms with Gasteiger partial charge in [0.15, 0.2) is 0 Å². The molecule has 1 aliphatic rings. The van der Waals surface area contributed by atoms with Gasteiger partial charge in [-0.3, -0.25) is 0 Å². The average Bonchev–Trinajstić information content (AvgIpc) is 2.38. The minimum Gasteiger partial charge on any atom is -0.311 e. The lowest BCUT2D eigenvalue weighted by Crippen LogP contribution is -2.31. The fourth-order valence-corrected chi connectivity index (χ4v) is 2.30. The molecule has 2 rings (SSSR count). The highest BCUT2D eigenvalue weighted by atomic mass is 15.1. The molecule has 1 saturated heterocycles. The first-order chi connectivity index (χ1) is 8.34. The first-order valence-electron chi connectivity index (χ1n) is 6.49. The van der Waals surface area contributed by atoms with Crippen molar-refractivity contribution in [1.82, 2.24) is 20.2 Å². The van der Waals surface area contributed by atoms with E-state index in [0.29, 0.717) is 0 Å². The Labute approximate surface area is 103 Å². The monoisotopic (exact) mass is 234 g/mol. The maximum atomic E-state index is 4.19. The van der Waals surface area contributed by atoms with E-state index in [1.807, 2.05) is 6.07 Å². The fraction of sp³-hybridized carbons (Fsp3) is 0.692. The standard InChI is InChI=1S/C13H22N4/c1-17-8-4-12(5-9-17)2-6-14-10-13-3-7-15-11-16-13/h3,7,11-12,14H,2,4-6,8-10H2,1H3. The largest absolute Gasteiger partial charge is 0.311 e. The lowest BCUT2D eigenvalue weighted by atomic mass is 9.94. The van der Waals surface area contributed by atoms with Gasteiger partial charge in [0.2, 0.25) is 0 Å². The minimum absolute atomic E-state index is 0.856. The van der Waals surface area contributed by atoms with E-state index in [-0.39, 0.29) is 0 Å². The molecular weight excluding hydrogens is 212 g/mol. The number of aromatic nitrogens is 2. The SMILES string of the molecule is CN1CCC(CCNCc2ccncn2)CC1. The molecule has 1 aromatic heterocycles. The number of nitrogens with one attached hydrogen (secondary N) is 1. The second kappa shape index (κ2) is 6.67. The molecule has 0 atom stereocenters. The Morgan fingerprint density at radius 2 is 2.24 bits per heavy atom. The Kier molecular flexibility index (Phi) is 4.88. The van der Waals surface area contributed by atoms with E-state index in [9.17, 15) is 0 Å². The maximum Gasteiger partial charge on any atom is 0.115 e. The topological polar surface area (TPSA) is 41.0 Å². The second-order valence-electron chi connectivity index (χ2n) is 4.91. The summed E-state index contributed by atoms with van der Waals surface area (Å²) in [6, 6.07) is 1.96. The Morgan fingerprint density at radius 1 is 1.41 bits per heavy atom. The lowest BCUT2D eigenvalue weighted by molar-refractivity contribution is 0.211. The summed E-state index contributed by atoms with van der Waals surface area (Å²) in [6.45, 7) is 4.47. The quantitative estimate of drug-likeness (QED) is 0.780. The van der Waals surface area contributed by atoms with Crippen molar-refractivity contribution in [3.05, 3.63) is 24.3 Å². The molecular formula is C13H22N4. The Morgan fingerprint density at radius 3 is 2.94 bits per heavy atom. The van der Waals surface area contributed by atoms with Gasteiger partial charge in [-0.05, 0) is 57.9 Å². The highest BCUT2D eigenvalue weighted by Crippen LogP contribution is 2.18. The molecule has 0 aromatic carbocycles. The molecule has 4 nitrogen and oxygen atoms in total. The van der Waals surface area contributed by atoms with Crippen molar-refractivity contribution in [1.29, 1.82) is 0 Å².